The summed E-state index contributed by atoms with van der Waals surface area (Å²) in [5, 5.41) is 0. The average Bonchev–Trinajstić information content (AvgIpc) is 3.01. The van der Waals surface area contributed by atoms with E-state index in [1.165, 1.54) is 56.6 Å². The fourth-order valence-electron chi connectivity index (χ4n) is 3.50. The monoisotopic (exact) mass is 293 g/mol. The van der Waals surface area contributed by atoms with Gasteiger partial charge in [0.1, 0.15) is 0 Å². The average molecular weight is 294 g/mol. The van der Waals surface area contributed by atoms with E-state index in [-0.39, 0.29) is 0 Å². The largest absolute Gasteiger partial charge is 0.370 e. The van der Waals surface area contributed by atoms with E-state index >= 15 is 0 Å². The standard InChI is InChI=1S/C16H24ClN3/c17-11-15-3-6-18-12-16(15)20-9-4-14(5-10-20)13-19-7-1-2-8-19/h3,6,12,14H,1-2,4-5,7-11,13H2. The molecule has 0 aromatic carbocycles. The number of pyridine rings is 1. The molecule has 0 saturated carbocycles. The molecule has 0 radical (unpaired) electrons. The van der Waals surface area contributed by atoms with Crippen molar-refractivity contribution in [3.63, 3.8) is 0 Å². The van der Waals surface area contributed by atoms with Crippen LogP contribution in [0.25, 0.3) is 0 Å². The summed E-state index contributed by atoms with van der Waals surface area (Å²) in [6.45, 7) is 6.24. The lowest BCUT2D eigenvalue weighted by Crippen LogP contribution is -2.38. The molecule has 4 heteroatoms. The van der Waals surface area contributed by atoms with Crippen LogP contribution < -0.4 is 4.90 Å². The topological polar surface area (TPSA) is 19.4 Å². The number of piperidine rings is 1. The second-order valence-corrected chi connectivity index (χ2v) is 6.34. The maximum atomic E-state index is 6.03. The summed E-state index contributed by atoms with van der Waals surface area (Å²) in [6.07, 6.45) is 9.20. The fourth-order valence-corrected chi connectivity index (χ4v) is 3.73. The Morgan fingerprint density at radius 1 is 1.15 bits per heavy atom. The molecule has 3 nitrogen and oxygen atoms in total. The van der Waals surface area contributed by atoms with Crippen LogP contribution in [-0.4, -0.2) is 42.6 Å². The maximum Gasteiger partial charge on any atom is 0.0597 e. The summed E-state index contributed by atoms with van der Waals surface area (Å²) < 4.78 is 0. The fraction of sp³-hybridized carbons (Fsp3) is 0.688. The lowest BCUT2D eigenvalue weighted by molar-refractivity contribution is 0.249. The van der Waals surface area contributed by atoms with Crippen LogP contribution in [-0.2, 0) is 5.88 Å². The van der Waals surface area contributed by atoms with Crippen molar-refractivity contribution in [3.05, 3.63) is 24.0 Å². The molecule has 3 rings (SSSR count). The van der Waals surface area contributed by atoms with Gasteiger partial charge in [0, 0.05) is 31.7 Å². The van der Waals surface area contributed by atoms with Gasteiger partial charge in [0.05, 0.1) is 11.9 Å². The number of likely N-dealkylation sites (tertiary alicyclic amines) is 1. The number of anilines is 1. The van der Waals surface area contributed by atoms with E-state index in [2.05, 4.69) is 14.8 Å². The summed E-state index contributed by atoms with van der Waals surface area (Å²) in [5.74, 6) is 1.45. The Kier molecular flexibility index (Phi) is 4.79. The molecular weight excluding hydrogens is 270 g/mol. The minimum Gasteiger partial charge on any atom is -0.370 e. The predicted octanol–water partition coefficient (Wildman–Crippen LogP) is 3.13. The molecule has 3 heterocycles. The third-order valence-corrected chi connectivity index (χ3v) is 4.99. The van der Waals surface area contributed by atoms with Gasteiger partial charge in [-0.2, -0.15) is 0 Å². The highest BCUT2D eigenvalue weighted by atomic mass is 35.5. The Hall–Kier alpha value is -0.800. The van der Waals surface area contributed by atoms with Gasteiger partial charge in [-0.25, -0.2) is 0 Å². The Morgan fingerprint density at radius 2 is 1.90 bits per heavy atom. The minimum atomic E-state index is 0.575. The van der Waals surface area contributed by atoms with Crippen molar-refractivity contribution < 1.29 is 0 Å². The normalized spacial score (nSPS) is 21.6. The molecule has 0 N–H and O–H groups in total. The third kappa shape index (κ3) is 3.26. The zero-order chi connectivity index (χ0) is 13.8. The van der Waals surface area contributed by atoms with Crippen molar-refractivity contribution in [1.29, 1.82) is 0 Å². The van der Waals surface area contributed by atoms with E-state index in [1.807, 2.05) is 18.5 Å². The van der Waals surface area contributed by atoms with Crippen LogP contribution in [0.2, 0.25) is 0 Å². The first kappa shape index (κ1) is 14.2. The van der Waals surface area contributed by atoms with Crippen LogP contribution in [0.15, 0.2) is 18.5 Å². The van der Waals surface area contributed by atoms with Gasteiger partial charge in [0.25, 0.3) is 0 Å². The van der Waals surface area contributed by atoms with E-state index in [0.717, 1.165) is 19.0 Å². The lowest BCUT2D eigenvalue weighted by Gasteiger charge is -2.35. The van der Waals surface area contributed by atoms with E-state index in [1.54, 1.807) is 0 Å². The van der Waals surface area contributed by atoms with Crippen LogP contribution in [0.4, 0.5) is 5.69 Å². The molecule has 0 spiro atoms. The number of hydrogen-bond acceptors (Lipinski definition) is 3. The summed E-state index contributed by atoms with van der Waals surface area (Å²) in [6, 6.07) is 2.04. The molecule has 0 aliphatic carbocycles. The van der Waals surface area contributed by atoms with Crippen LogP contribution in [0.3, 0.4) is 0 Å². The van der Waals surface area contributed by atoms with Crippen LogP contribution in [0.5, 0.6) is 0 Å². The van der Waals surface area contributed by atoms with Gasteiger partial charge >= 0.3 is 0 Å². The zero-order valence-corrected chi connectivity index (χ0v) is 12.9. The highest BCUT2D eigenvalue weighted by molar-refractivity contribution is 6.17. The first-order valence-electron chi connectivity index (χ1n) is 7.83. The van der Waals surface area contributed by atoms with Crippen molar-refractivity contribution in [2.24, 2.45) is 5.92 Å². The Balaban J connectivity index is 1.55. The maximum absolute atomic E-state index is 6.03. The zero-order valence-electron chi connectivity index (χ0n) is 12.1. The summed E-state index contributed by atoms with van der Waals surface area (Å²) in [5.41, 5.74) is 2.45. The molecule has 2 aliphatic heterocycles. The van der Waals surface area contributed by atoms with E-state index < -0.39 is 0 Å². The van der Waals surface area contributed by atoms with Gasteiger partial charge in [-0.15, -0.1) is 11.6 Å². The van der Waals surface area contributed by atoms with Crippen LogP contribution >= 0.6 is 11.6 Å². The second-order valence-electron chi connectivity index (χ2n) is 6.08. The summed E-state index contributed by atoms with van der Waals surface area (Å²) in [4.78, 5) is 9.37. The number of rotatable bonds is 4. The smallest absolute Gasteiger partial charge is 0.0597 e. The molecule has 2 fully saturated rings. The molecule has 20 heavy (non-hydrogen) atoms. The Bertz CT molecular complexity index is 423. The Labute approximate surface area is 126 Å². The molecule has 0 atom stereocenters. The molecule has 2 aliphatic rings. The number of nitrogens with zero attached hydrogens (tertiary/aromatic N) is 3. The first-order chi connectivity index (χ1) is 9.86. The van der Waals surface area contributed by atoms with Crippen LogP contribution in [0, 0.1) is 5.92 Å². The van der Waals surface area contributed by atoms with E-state index in [9.17, 15) is 0 Å². The first-order valence-corrected chi connectivity index (χ1v) is 8.36. The predicted molar refractivity (Wildman–Crippen MR) is 84.4 cm³/mol. The van der Waals surface area contributed by atoms with E-state index in [0.29, 0.717) is 5.88 Å². The highest BCUT2D eigenvalue weighted by Crippen LogP contribution is 2.27. The third-order valence-electron chi connectivity index (χ3n) is 4.70. The highest BCUT2D eigenvalue weighted by Gasteiger charge is 2.23. The van der Waals surface area contributed by atoms with Crippen LogP contribution in [0.1, 0.15) is 31.2 Å². The van der Waals surface area contributed by atoms with Gasteiger partial charge in [-0.05, 0) is 56.3 Å². The molecule has 1 aromatic rings. The molecule has 110 valence electrons. The number of halogens is 1. The molecule has 2 saturated heterocycles. The Morgan fingerprint density at radius 3 is 2.60 bits per heavy atom. The molecule has 0 amide bonds. The SMILES string of the molecule is ClCc1ccncc1N1CCC(CN2CCCC2)CC1. The van der Waals surface area contributed by atoms with Crippen molar-refractivity contribution in [2.75, 3.05) is 37.6 Å². The van der Waals surface area contributed by atoms with Crippen molar-refractivity contribution in [1.82, 2.24) is 9.88 Å². The number of aromatic nitrogens is 1. The van der Waals surface area contributed by atoms with E-state index in [4.69, 9.17) is 11.6 Å². The minimum absolute atomic E-state index is 0.575. The van der Waals surface area contributed by atoms with Gasteiger partial charge < -0.3 is 9.80 Å². The lowest BCUT2D eigenvalue weighted by atomic mass is 9.95. The number of hydrogen-bond donors (Lipinski definition) is 0. The second kappa shape index (κ2) is 6.77. The van der Waals surface area contributed by atoms with Crippen molar-refractivity contribution >= 4 is 17.3 Å². The number of alkyl halides is 1. The van der Waals surface area contributed by atoms with Gasteiger partial charge in [0.15, 0.2) is 0 Å². The van der Waals surface area contributed by atoms with Gasteiger partial charge in [0.2, 0.25) is 0 Å². The quantitative estimate of drug-likeness (QED) is 0.795. The summed E-state index contributed by atoms with van der Waals surface area (Å²) >= 11 is 6.03. The van der Waals surface area contributed by atoms with Crippen molar-refractivity contribution in [3.8, 4) is 0 Å². The molecule has 0 unspecified atom stereocenters. The summed E-state index contributed by atoms with van der Waals surface area (Å²) in [7, 11) is 0. The van der Waals surface area contributed by atoms with Gasteiger partial charge in [-0.3, -0.25) is 4.98 Å². The molecule has 1 aromatic heterocycles. The van der Waals surface area contributed by atoms with Gasteiger partial charge in [-0.1, -0.05) is 0 Å². The molecule has 0 bridgehead atoms. The van der Waals surface area contributed by atoms with Crippen molar-refractivity contribution in [2.45, 2.75) is 31.6 Å². The molecular formula is C16H24ClN3.